The van der Waals surface area contributed by atoms with Crippen LogP contribution in [0.15, 0.2) is 42.5 Å². The highest BCUT2D eigenvalue weighted by Crippen LogP contribution is 2.26. The van der Waals surface area contributed by atoms with E-state index in [0.29, 0.717) is 21.2 Å². The van der Waals surface area contributed by atoms with Gasteiger partial charge < -0.3 is 0 Å². The molecule has 0 aliphatic rings. The van der Waals surface area contributed by atoms with Crippen LogP contribution in [0.5, 0.6) is 0 Å². The van der Waals surface area contributed by atoms with E-state index in [-0.39, 0.29) is 5.78 Å². The molecule has 0 aromatic heterocycles. The highest BCUT2D eigenvalue weighted by atomic mass is 35.5. The fourth-order valence-electron chi connectivity index (χ4n) is 1.64. The van der Waals surface area contributed by atoms with Crippen LogP contribution in [0, 0.1) is 6.92 Å². The van der Waals surface area contributed by atoms with E-state index in [1.54, 1.807) is 24.3 Å². The van der Waals surface area contributed by atoms with Crippen molar-refractivity contribution in [3.63, 3.8) is 0 Å². The van der Waals surface area contributed by atoms with Crippen molar-refractivity contribution in [2.24, 2.45) is 0 Å². The highest BCUT2D eigenvalue weighted by molar-refractivity contribution is 6.42. The number of benzene rings is 2. The summed E-state index contributed by atoms with van der Waals surface area (Å²) in [6.07, 6.45) is 0. The van der Waals surface area contributed by atoms with Crippen molar-refractivity contribution in [3.05, 3.63) is 69.2 Å². The van der Waals surface area contributed by atoms with Crippen LogP contribution in [0.25, 0.3) is 0 Å². The predicted octanol–water partition coefficient (Wildman–Crippen LogP) is 4.53. The topological polar surface area (TPSA) is 17.1 Å². The van der Waals surface area contributed by atoms with E-state index in [1.807, 2.05) is 25.1 Å². The van der Waals surface area contributed by atoms with Crippen molar-refractivity contribution in [2.45, 2.75) is 6.92 Å². The van der Waals surface area contributed by atoms with Gasteiger partial charge in [-0.3, -0.25) is 4.79 Å². The van der Waals surface area contributed by atoms with Crippen LogP contribution >= 0.6 is 23.2 Å². The molecule has 2 aromatic carbocycles. The minimum absolute atomic E-state index is 0.0401. The SMILES string of the molecule is Cc1cc(Cl)c(Cl)cc1C(=O)c1ccccc1. The lowest BCUT2D eigenvalue weighted by Crippen LogP contribution is -2.03. The Kier molecular flexibility index (Phi) is 3.51. The standard InChI is InChI=1S/C14H10Cl2O/c1-9-7-12(15)13(16)8-11(9)14(17)10-5-3-2-4-6-10/h2-8H,1H3. The average Bonchev–Trinajstić information content (AvgIpc) is 2.34. The molecule has 0 saturated carbocycles. The summed E-state index contributed by atoms with van der Waals surface area (Å²) in [5.74, 6) is -0.0401. The lowest BCUT2D eigenvalue weighted by Gasteiger charge is -2.07. The molecular weight excluding hydrogens is 255 g/mol. The second-order valence-corrected chi connectivity index (χ2v) is 4.59. The first-order valence-corrected chi connectivity index (χ1v) is 5.90. The molecule has 0 heterocycles. The van der Waals surface area contributed by atoms with Crippen LogP contribution in [-0.4, -0.2) is 5.78 Å². The Morgan fingerprint density at radius 2 is 1.59 bits per heavy atom. The zero-order valence-electron chi connectivity index (χ0n) is 9.21. The van der Waals surface area contributed by atoms with Crippen LogP contribution in [-0.2, 0) is 0 Å². The minimum Gasteiger partial charge on any atom is -0.289 e. The lowest BCUT2D eigenvalue weighted by atomic mass is 9.99. The number of hydrogen-bond donors (Lipinski definition) is 0. The molecule has 0 atom stereocenters. The highest BCUT2D eigenvalue weighted by Gasteiger charge is 2.13. The number of rotatable bonds is 2. The van der Waals surface area contributed by atoms with Crippen molar-refractivity contribution in [1.82, 2.24) is 0 Å². The lowest BCUT2D eigenvalue weighted by molar-refractivity contribution is 0.103. The predicted molar refractivity (Wildman–Crippen MR) is 71.1 cm³/mol. The molecular formula is C14H10Cl2O. The molecule has 0 aliphatic carbocycles. The first-order valence-electron chi connectivity index (χ1n) is 5.15. The fraction of sp³-hybridized carbons (Fsp3) is 0.0714. The average molecular weight is 265 g/mol. The zero-order chi connectivity index (χ0) is 12.4. The molecule has 3 heteroatoms. The summed E-state index contributed by atoms with van der Waals surface area (Å²) < 4.78 is 0. The Hall–Kier alpha value is -1.31. The molecule has 0 radical (unpaired) electrons. The molecule has 0 saturated heterocycles. The summed E-state index contributed by atoms with van der Waals surface area (Å²) >= 11 is 11.8. The minimum atomic E-state index is -0.0401. The van der Waals surface area contributed by atoms with Gasteiger partial charge in [0, 0.05) is 11.1 Å². The summed E-state index contributed by atoms with van der Waals surface area (Å²) in [6.45, 7) is 1.85. The smallest absolute Gasteiger partial charge is 0.193 e. The van der Waals surface area contributed by atoms with E-state index in [0.717, 1.165) is 5.56 Å². The van der Waals surface area contributed by atoms with Gasteiger partial charge in [0.15, 0.2) is 5.78 Å². The van der Waals surface area contributed by atoms with E-state index in [4.69, 9.17) is 23.2 Å². The van der Waals surface area contributed by atoms with Gasteiger partial charge in [-0.05, 0) is 24.6 Å². The Bertz CT molecular complexity index is 562. The molecule has 1 nitrogen and oxygen atoms in total. The Balaban J connectivity index is 2.48. The molecule has 0 N–H and O–H groups in total. The second-order valence-electron chi connectivity index (χ2n) is 3.78. The monoisotopic (exact) mass is 264 g/mol. The second kappa shape index (κ2) is 4.91. The number of ketones is 1. The molecule has 0 spiro atoms. The Morgan fingerprint density at radius 1 is 1.00 bits per heavy atom. The Labute approximate surface area is 110 Å². The molecule has 2 rings (SSSR count). The van der Waals surface area contributed by atoms with E-state index in [1.165, 1.54) is 0 Å². The third-order valence-corrected chi connectivity index (χ3v) is 3.27. The van der Waals surface area contributed by atoms with Crippen molar-refractivity contribution in [1.29, 1.82) is 0 Å². The maximum absolute atomic E-state index is 12.2. The summed E-state index contributed by atoms with van der Waals surface area (Å²) in [5, 5.41) is 0.866. The van der Waals surface area contributed by atoms with E-state index < -0.39 is 0 Å². The van der Waals surface area contributed by atoms with Crippen molar-refractivity contribution >= 4 is 29.0 Å². The van der Waals surface area contributed by atoms with Gasteiger partial charge in [0.1, 0.15) is 0 Å². The van der Waals surface area contributed by atoms with Gasteiger partial charge in [-0.15, -0.1) is 0 Å². The number of hydrogen-bond acceptors (Lipinski definition) is 1. The normalized spacial score (nSPS) is 10.3. The maximum Gasteiger partial charge on any atom is 0.193 e. The van der Waals surface area contributed by atoms with Crippen molar-refractivity contribution in [2.75, 3.05) is 0 Å². The molecule has 0 aliphatic heterocycles. The number of carbonyl (C=O) groups is 1. The van der Waals surface area contributed by atoms with Crippen molar-refractivity contribution in [3.8, 4) is 0 Å². The molecule has 0 bridgehead atoms. The summed E-state index contributed by atoms with van der Waals surface area (Å²) in [5.41, 5.74) is 2.06. The number of carbonyl (C=O) groups excluding carboxylic acids is 1. The molecule has 2 aromatic rings. The van der Waals surface area contributed by atoms with Crippen LogP contribution in [0.3, 0.4) is 0 Å². The molecule has 0 unspecified atom stereocenters. The van der Waals surface area contributed by atoms with Gasteiger partial charge in [0.25, 0.3) is 0 Å². The molecule has 86 valence electrons. The zero-order valence-corrected chi connectivity index (χ0v) is 10.7. The first-order chi connectivity index (χ1) is 8.09. The third kappa shape index (κ3) is 2.51. The van der Waals surface area contributed by atoms with Crippen molar-refractivity contribution < 1.29 is 4.79 Å². The van der Waals surface area contributed by atoms with E-state index >= 15 is 0 Å². The van der Waals surface area contributed by atoms with Gasteiger partial charge >= 0.3 is 0 Å². The molecule has 0 fully saturated rings. The van der Waals surface area contributed by atoms with Gasteiger partial charge in [-0.1, -0.05) is 53.5 Å². The maximum atomic E-state index is 12.2. The van der Waals surface area contributed by atoms with E-state index in [2.05, 4.69) is 0 Å². The molecule has 0 amide bonds. The third-order valence-electron chi connectivity index (χ3n) is 2.55. The summed E-state index contributed by atoms with van der Waals surface area (Å²) in [6, 6.07) is 12.4. The van der Waals surface area contributed by atoms with Gasteiger partial charge in [-0.2, -0.15) is 0 Å². The van der Waals surface area contributed by atoms with Crippen LogP contribution in [0.1, 0.15) is 21.5 Å². The van der Waals surface area contributed by atoms with Crippen LogP contribution < -0.4 is 0 Å². The van der Waals surface area contributed by atoms with Crippen LogP contribution in [0.2, 0.25) is 10.0 Å². The summed E-state index contributed by atoms with van der Waals surface area (Å²) in [7, 11) is 0. The fourth-order valence-corrected chi connectivity index (χ4v) is 2.02. The van der Waals surface area contributed by atoms with Gasteiger partial charge in [0.2, 0.25) is 0 Å². The summed E-state index contributed by atoms with van der Waals surface area (Å²) in [4.78, 5) is 12.2. The van der Waals surface area contributed by atoms with Crippen LogP contribution in [0.4, 0.5) is 0 Å². The Morgan fingerprint density at radius 3 is 2.24 bits per heavy atom. The van der Waals surface area contributed by atoms with E-state index in [9.17, 15) is 4.79 Å². The largest absolute Gasteiger partial charge is 0.289 e. The number of aryl methyl sites for hydroxylation is 1. The first kappa shape index (κ1) is 12.2. The number of halogens is 2. The quantitative estimate of drug-likeness (QED) is 0.729. The van der Waals surface area contributed by atoms with Gasteiger partial charge in [-0.25, -0.2) is 0 Å². The molecule has 17 heavy (non-hydrogen) atoms. The van der Waals surface area contributed by atoms with Gasteiger partial charge in [0.05, 0.1) is 10.0 Å².